The predicted octanol–water partition coefficient (Wildman–Crippen LogP) is 6.56. The van der Waals surface area contributed by atoms with E-state index in [1.807, 2.05) is 6.92 Å². The molecule has 192 valence electrons. The highest BCUT2D eigenvalue weighted by molar-refractivity contribution is 5.80. The third-order valence-electron chi connectivity index (χ3n) is 5.79. The monoisotopic (exact) mass is 468 g/mol. The maximum atomic E-state index is 12.8. The molecule has 0 aromatic rings. The van der Waals surface area contributed by atoms with Gasteiger partial charge in [-0.3, -0.25) is 14.4 Å². The largest absolute Gasteiger partial charge is 0.469 e. The van der Waals surface area contributed by atoms with Gasteiger partial charge in [0.1, 0.15) is 0 Å². The van der Waals surface area contributed by atoms with Crippen molar-refractivity contribution in [1.29, 1.82) is 0 Å². The summed E-state index contributed by atoms with van der Waals surface area (Å²) in [6.07, 6.45) is 16.2. The van der Waals surface area contributed by atoms with Crippen LogP contribution < -0.4 is 0 Å². The lowest BCUT2D eigenvalue weighted by molar-refractivity contribution is -0.156. The van der Waals surface area contributed by atoms with Crippen LogP contribution in [0.4, 0.5) is 0 Å². The molecule has 6 heteroatoms. The summed E-state index contributed by atoms with van der Waals surface area (Å²) in [4.78, 5) is 36.3. The molecular weight excluding hydrogens is 420 g/mol. The van der Waals surface area contributed by atoms with Crippen LogP contribution in [-0.4, -0.2) is 38.2 Å². The van der Waals surface area contributed by atoms with Crippen LogP contribution in [0, 0.1) is 11.8 Å². The molecule has 0 aliphatic carbocycles. The van der Waals surface area contributed by atoms with E-state index < -0.39 is 5.92 Å². The zero-order valence-corrected chi connectivity index (χ0v) is 21.6. The first kappa shape index (κ1) is 31.1. The molecule has 2 unspecified atom stereocenters. The normalized spacial score (nSPS) is 13.0. The summed E-state index contributed by atoms with van der Waals surface area (Å²) in [6, 6.07) is 0. The quantitative estimate of drug-likeness (QED) is 0.0822. The fraction of sp³-hybridized carbons (Fsp3) is 0.815. The molecule has 0 aromatic heterocycles. The average Bonchev–Trinajstić information content (AvgIpc) is 2.82. The second kappa shape index (κ2) is 22.0. The van der Waals surface area contributed by atoms with Crippen molar-refractivity contribution in [3.05, 3.63) is 12.2 Å². The first-order chi connectivity index (χ1) is 16.0. The number of ether oxygens (including phenoxy) is 3. The minimum absolute atomic E-state index is 0.0498. The number of esters is 3. The Labute approximate surface area is 201 Å². The molecule has 0 fully saturated rings. The third-order valence-corrected chi connectivity index (χ3v) is 5.79. The summed E-state index contributed by atoms with van der Waals surface area (Å²) in [7, 11) is 1.41. The summed E-state index contributed by atoms with van der Waals surface area (Å²) < 4.78 is 15.5. The van der Waals surface area contributed by atoms with Crippen molar-refractivity contribution in [3.63, 3.8) is 0 Å². The topological polar surface area (TPSA) is 78.9 Å². The zero-order valence-electron chi connectivity index (χ0n) is 21.6. The van der Waals surface area contributed by atoms with E-state index in [2.05, 4.69) is 30.7 Å². The van der Waals surface area contributed by atoms with Gasteiger partial charge in [-0.2, -0.15) is 0 Å². The van der Waals surface area contributed by atoms with Crippen LogP contribution in [0.1, 0.15) is 111 Å². The standard InChI is InChI=1S/C27H48O6/c1-5-8-16-20-32-26(29)22-24(27(30)33-21-17-9-6-2)23(7-3)18-14-12-10-11-13-15-19-25(28)31-4/h14,18,23-24H,5-13,15-17,19-22H2,1-4H3/b18-14+. The molecule has 0 saturated carbocycles. The molecule has 0 aromatic carbocycles. The molecule has 33 heavy (non-hydrogen) atoms. The van der Waals surface area contributed by atoms with Crippen LogP contribution in [0.3, 0.4) is 0 Å². The Kier molecular flexibility index (Phi) is 20.7. The van der Waals surface area contributed by atoms with Crippen LogP contribution in [-0.2, 0) is 28.6 Å². The summed E-state index contributed by atoms with van der Waals surface area (Å²) in [6.45, 7) is 7.06. The van der Waals surface area contributed by atoms with Crippen LogP contribution in [0.25, 0.3) is 0 Å². The van der Waals surface area contributed by atoms with Gasteiger partial charge in [-0.15, -0.1) is 0 Å². The van der Waals surface area contributed by atoms with E-state index in [0.717, 1.165) is 77.0 Å². The van der Waals surface area contributed by atoms with Gasteiger partial charge in [-0.25, -0.2) is 0 Å². The Balaban J connectivity index is 4.70. The van der Waals surface area contributed by atoms with E-state index in [0.29, 0.717) is 19.6 Å². The first-order valence-corrected chi connectivity index (χ1v) is 13.1. The van der Waals surface area contributed by atoms with Gasteiger partial charge in [0.2, 0.25) is 0 Å². The third kappa shape index (κ3) is 17.3. The van der Waals surface area contributed by atoms with Crippen molar-refractivity contribution in [3.8, 4) is 0 Å². The lowest BCUT2D eigenvalue weighted by atomic mass is 9.86. The predicted molar refractivity (Wildman–Crippen MR) is 132 cm³/mol. The van der Waals surface area contributed by atoms with Crippen LogP contribution in [0.2, 0.25) is 0 Å². The van der Waals surface area contributed by atoms with Gasteiger partial charge in [0.25, 0.3) is 0 Å². The van der Waals surface area contributed by atoms with Crippen molar-refractivity contribution in [2.45, 2.75) is 111 Å². The molecular formula is C27H48O6. The van der Waals surface area contributed by atoms with E-state index in [1.54, 1.807) is 0 Å². The van der Waals surface area contributed by atoms with Gasteiger partial charge in [-0.05, 0) is 44.4 Å². The average molecular weight is 469 g/mol. The van der Waals surface area contributed by atoms with Gasteiger partial charge in [0, 0.05) is 6.42 Å². The number of hydrogen-bond acceptors (Lipinski definition) is 6. The summed E-state index contributed by atoms with van der Waals surface area (Å²) in [5.74, 6) is -1.33. The first-order valence-electron chi connectivity index (χ1n) is 13.1. The van der Waals surface area contributed by atoms with Crippen molar-refractivity contribution in [2.75, 3.05) is 20.3 Å². The Bertz CT molecular complexity index is 543. The number of rotatable bonds is 21. The molecule has 0 bridgehead atoms. The minimum Gasteiger partial charge on any atom is -0.469 e. The van der Waals surface area contributed by atoms with Crippen LogP contribution in [0.5, 0.6) is 0 Å². The molecule has 0 amide bonds. The Hall–Kier alpha value is -1.85. The highest BCUT2D eigenvalue weighted by Gasteiger charge is 2.30. The van der Waals surface area contributed by atoms with Crippen molar-refractivity contribution in [1.82, 2.24) is 0 Å². The Morgan fingerprint density at radius 1 is 0.758 bits per heavy atom. The molecule has 0 spiro atoms. The second-order valence-electron chi connectivity index (χ2n) is 8.64. The van der Waals surface area contributed by atoms with E-state index in [1.165, 1.54) is 7.11 Å². The molecule has 0 rings (SSSR count). The maximum absolute atomic E-state index is 12.8. The number of unbranched alkanes of at least 4 members (excludes halogenated alkanes) is 8. The molecule has 0 saturated heterocycles. The highest BCUT2D eigenvalue weighted by atomic mass is 16.5. The van der Waals surface area contributed by atoms with Crippen molar-refractivity contribution in [2.24, 2.45) is 11.8 Å². The number of methoxy groups -OCH3 is 1. The molecule has 0 heterocycles. The van der Waals surface area contributed by atoms with E-state index in [9.17, 15) is 14.4 Å². The zero-order chi connectivity index (χ0) is 24.7. The lowest BCUT2D eigenvalue weighted by Gasteiger charge is -2.22. The SMILES string of the molecule is CCCCCOC(=O)CC(C(=O)OCCCCC)C(/C=C/CCCCCCC(=O)OC)CC. The van der Waals surface area contributed by atoms with Crippen molar-refractivity contribution < 1.29 is 28.6 Å². The number of carbonyl (C=O) groups excluding carboxylic acids is 3. The number of carbonyl (C=O) groups is 3. The van der Waals surface area contributed by atoms with Gasteiger partial charge < -0.3 is 14.2 Å². The second-order valence-corrected chi connectivity index (χ2v) is 8.64. The fourth-order valence-electron chi connectivity index (χ4n) is 3.63. The van der Waals surface area contributed by atoms with Crippen LogP contribution in [0.15, 0.2) is 12.2 Å². The summed E-state index contributed by atoms with van der Waals surface area (Å²) in [5, 5.41) is 0. The lowest BCUT2D eigenvalue weighted by Crippen LogP contribution is -2.28. The summed E-state index contributed by atoms with van der Waals surface area (Å²) >= 11 is 0. The van der Waals surface area contributed by atoms with Crippen molar-refractivity contribution >= 4 is 17.9 Å². The highest BCUT2D eigenvalue weighted by Crippen LogP contribution is 2.24. The van der Waals surface area contributed by atoms with E-state index >= 15 is 0 Å². The molecule has 0 N–H and O–H groups in total. The molecule has 0 radical (unpaired) electrons. The Morgan fingerprint density at radius 2 is 1.39 bits per heavy atom. The number of hydrogen-bond donors (Lipinski definition) is 0. The molecule has 0 aliphatic rings. The Morgan fingerprint density at radius 3 is 2.00 bits per heavy atom. The minimum atomic E-state index is -0.508. The van der Waals surface area contributed by atoms with Gasteiger partial charge in [0.05, 0.1) is 32.7 Å². The van der Waals surface area contributed by atoms with Gasteiger partial charge in [0.15, 0.2) is 0 Å². The molecule has 0 aliphatic heterocycles. The maximum Gasteiger partial charge on any atom is 0.310 e. The molecule has 6 nitrogen and oxygen atoms in total. The number of allylic oxidation sites excluding steroid dienone is 2. The molecule has 2 atom stereocenters. The van der Waals surface area contributed by atoms with Gasteiger partial charge in [-0.1, -0.05) is 71.4 Å². The van der Waals surface area contributed by atoms with E-state index in [4.69, 9.17) is 9.47 Å². The smallest absolute Gasteiger partial charge is 0.310 e. The summed E-state index contributed by atoms with van der Waals surface area (Å²) in [5.41, 5.74) is 0. The van der Waals surface area contributed by atoms with Gasteiger partial charge >= 0.3 is 17.9 Å². The fourth-order valence-corrected chi connectivity index (χ4v) is 3.63. The van der Waals surface area contributed by atoms with E-state index in [-0.39, 0.29) is 30.2 Å². The van der Waals surface area contributed by atoms with Crippen LogP contribution >= 0.6 is 0 Å².